The quantitative estimate of drug-likeness (QED) is 0.388. The molecular weight excluding hydrogens is 328 g/mol. The van der Waals surface area contributed by atoms with Crippen molar-refractivity contribution < 1.29 is 28.5 Å². The van der Waals surface area contributed by atoms with E-state index in [9.17, 15) is 4.79 Å². The van der Waals surface area contributed by atoms with Crippen molar-refractivity contribution in [1.29, 1.82) is 0 Å². The number of hydrogen-bond acceptors (Lipinski definition) is 7. The lowest BCUT2D eigenvalue weighted by Gasteiger charge is -2.23. The van der Waals surface area contributed by atoms with E-state index in [0.29, 0.717) is 72.4 Å². The molecule has 0 saturated carbocycles. The highest BCUT2D eigenvalue weighted by atomic mass is 16.6. The van der Waals surface area contributed by atoms with E-state index in [1.807, 2.05) is 4.90 Å². The Labute approximate surface area is 150 Å². The molecule has 0 radical (unpaired) electrons. The Kier molecular flexibility index (Phi) is 13.8. The number of carbonyl (C=O) groups excluding carboxylic acids is 1. The fraction of sp³-hybridized carbons (Fsp3) is 0.941. The minimum Gasteiger partial charge on any atom is -0.382 e. The Morgan fingerprint density at radius 3 is 1.96 bits per heavy atom. The SMILES string of the molecule is COCCOCCOCCOCCOCCC(=O)N1CCCC1CN. The molecule has 0 aromatic carbocycles. The van der Waals surface area contributed by atoms with E-state index in [-0.39, 0.29) is 11.9 Å². The highest BCUT2D eigenvalue weighted by Crippen LogP contribution is 2.16. The molecule has 1 saturated heterocycles. The van der Waals surface area contributed by atoms with Gasteiger partial charge in [0, 0.05) is 26.2 Å². The molecule has 1 amide bonds. The van der Waals surface area contributed by atoms with Gasteiger partial charge in [0.05, 0.1) is 65.9 Å². The Balaban J connectivity index is 1.81. The number of hydrogen-bond donors (Lipinski definition) is 1. The number of ether oxygens (including phenoxy) is 5. The molecule has 0 aliphatic carbocycles. The van der Waals surface area contributed by atoms with Crippen LogP contribution in [0.3, 0.4) is 0 Å². The number of likely N-dealkylation sites (tertiary alicyclic amines) is 1. The molecule has 1 aliphatic rings. The molecule has 0 aromatic heterocycles. The third-order valence-electron chi connectivity index (χ3n) is 3.98. The predicted molar refractivity (Wildman–Crippen MR) is 93.6 cm³/mol. The Morgan fingerprint density at radius 2 is 1.44 bits per heavy atom. The average Bonchev–Trinajstić information content (AvgIpc) is 3.10. The number of nitrogens with zero attached hydrogens (tertiary/aromatic N) is 1. The summed E-state index contributed by atoms with van der Waals surface area (Å²) in [5.74, 6) is 0.134. The lowest BCUT2D eigenvalue weighted by Crippen LogP contribution is -2.40. The van der Waals surface area contributed by atoms with Crippen LogP contribution in [0.15, 0.2) is 0 Å². The van der Waals surface area contributed by atoms with Crippen molar-refractivity contribution in [2.75, 3.05) is 79.7 Å². The maximum atomic E-state index is 12.1. The molecule has 0 aromatic rings. The molecule has 1 unspecified atom stereocenters. The van der Waals surface area contributed by atoms with Gasteiger partial charge in [-0.25, -0.2) is 0 Å². The second-order valence-electron chi connectivity index (χ2n) is 5.81. The van der Waals surface area contributed by atoms with Crippen LogP contribution < -0.4 is 5.73 Å². The zero-order valence-corrected chi connectivity index (χ0v) is 15.5. The first kappa shape index (κ1) is 22.3. The van der Waals surface area contributed by atoms with Crippen molar-refractivity contribution in [1.82, 2.24) is 4.90 Å². The summed E-state index contributed by atoms with van der Waals surface area (Å²) in [6.45, 7) is 6.10. The largest absolute Gasteiger partial charge is 0.382 e. The predicted octanol–water partition coefficient (Wildman–Crippen LogP) is 0.0390. The molecule has 148 valence electrons. The molecule has 1 rings (SSSR count). The van der Waals surface area contributed by atoms with Gasteiger partial charge < -0.3 is 34.3 Å². The number of carbonyl (C=O) groups is 1. The summed E-state index contributed by atoms with van der Waals surface area (Å²) in [4.78, 5) is 13.9. The van der Waals surface area contributed by atoms with Crippen molar-refractivity contribution in [3.8, 4) is 0 Å². The molecule has 1 heterocycles. The highest BCUT2D eigenvalue weighted by molar-refractivity contribution is 5.76. The van der Waals surface area contributed by atoms with Crippen molar-refractivity contribution in [3.63, 3.8) is 0 Å². The van der Waals surface area contributed by atoms with Gasteiger partial charge in [0.1, 0.15) is 0 Å². The molecular formula is C17H34N2O6. The maximum absolute atomic E-state index is 12.1. The van der Waals surface area contributed by atoms with Crippen LogP contribution in [-0.4, -0.2) is 96.5 Å². The van der Waals surface area contributed by atoms with Crippen molar-refractivity contribution in [2.24, 2.45) is 5.73 Å². The zero-order valence-electron chi connectivity index (χ0n) is 15.5. The summed E-state index contributed by atoms with van der Waals surface area (Å²) in [5, 5.41) is 0. The van der Waals surface area contributed by atoms with Crippen LogP contribution in [0.25, 0.3) is 0 Å². The van der Waals surface area contributed by atoms with E-state index in [4.69, 9.17) is 29.4 Å². The Bertz CT molecular complexity index is 332. The van der Waals surface area contributed by atoms with Crippen LogP contribution in [-0.2, 0) is 28.5 Å². The summed E-state index contributed by atoms with van der Waals surface area (Å²) < 4.78 is 26.3. The Morgan fingerprint density at radius 1 is 0.920 bits per heavy atom. The second-order valence-corrected chi connectivity index (χ2v) is 5.81. The summed E-state index contributed by atoms with van der Waals surface area (Å²) in [6.07, 6.45) is 2.46. The van der Waals surface area contributed by atoms with Gasteiger partial charge in [0.25, 0.3) is 0 Å². The second kappa shape index (κ2) is 15.5. The van der Waals surface area contributed by atoms with E-state index < -0.39 is 0 Å². The monoisotopic (exact) mass is 362 g/mol. The maximum Gasteiger partial charge on any atom is 0.225 e. The minimum atomic E-state index is 0.134. The summed E-state index contributed by atoms with van der Waals surface area (Å²) in [6, 6.07) is 0.209. The van der Waals surface area contributed by atoms with Crippen LogP contribution >= 0.6 is 0 Å². The normalized spacial score (nSPS) is 17.4. The first-order chi connectivity index (χ1) is 12.3. The van der Waals surface area contributed by atoms with Gasteiger partial charge in [-0.05, 0) is 12.8 Å². The molecule has 1 atom stereocenters. The molecule has 0 bridgehead atoms. The number of rotatable bonds is 16. The number of amides is 1. The highest BCUT2D eigenvalue weighted by Gasteiger charge is 2.26. The van der Waals surface area contributed by atoms with E-state index in [0.717, 1.165) is 19.4 Å². The minimum absolute atomic E-state index is 0.134. The average molecular weight is 362 g/mol. The van der Waals surface area contributed by atoms with Crippen molar-refractivity contribution in [3.05, 3.63) is 0 Å². The van der Waals surface area contributed by atoms with Crippen LogP contribution in [0.5, 0.6) is 0 Å². The molecule has 0 spiro atoms. The lowest BCUT2D eigenvalue weighted by molar-refractivity contribution is -0.133. The fourth-order valence-electron chi connectivity index (χ4n) is 2.62. The standard InChI is InChI=1S/C17H34N2O6/c1-21-7-8-23-11-12-25-14-13-24-10-9-22-6-4-17(20)19-5-2-3-16(19)15-18/h16H,2-15,18H2,1H3. The summed E-state index contributed by atoms with van der Waals surface area (Å²) >= 11 is 0. The third kappa shape index (κ3) is 10.7. The number of methoxy groups -OCH3 is 1. The third-order valence-corrected chi connectivity index (χ3v) is 3.98. The van der Waals surface area contributed by atoms with Gasteiger partial charge in [-0.15, -0.1) is 0 Å². The van der Waals surface area contributed by atoms with E-state index in [1.54, 1.807) is 7.11 Å². The van der Waals surface area contributed by atoms with E-state index in [2.05, 4.69) is 0 Å². The van der Waals surface area contributed by atoms with Gasteiger partial charge in [-0.2, -0.15) is 0 Å². The molecule has 8 nitrogen and oxygen atoms in total. The van der Waals surface area contributed by atoms with Gasteiger partial charge in [0.2, 0.25) is 5.91 Å². The lowest BCUT2D eigenvalue weighted by atomic mass is 10.2. The zero-order chi connectivity index (χ0) is 18.2. The number of nitrogens with two attached hydrogens (primary N) is 1. The van der Waals surface area contributed by atoms with Crippen LogP contribution in [0.4, 0.5) is 0 Å². The molecule has 1 aliphatic heterocycles. The fourth-order valence-corrected chi connectivity index (χ4v) is 2.62. The summed E-state index contributed by atoms with van der Waals surface area (Å²) in [5.41, 5.74) is 5.68. The van der Waals surface area contributed by atoms with Crippen molar-refractivity contribution in [2.45, 2.75) is 25.3 Å². The van der Waals surface area contributed by atoms with Crippen molar-refractivity contribution >= 4 is 5.91 Å². The van der Waals surface area contributed by atoms with Gasteiger partial charge >= 0.3 is 0 Å². The van der Waals surface area contributed by atoms with Gasteiger partial charge in [-0.1, -0.05) is 0 Å². The van der Waals surface area contributed by atoms with E-state index in [1.165, 1.54) is 0 Å². The van der Waals surface area contributed by atoms with Crippen LogP contribution in [0, 0.1) is 0 Å². The first-order valence-electron chi connectivity index (χ1n) is 9.09. The van der Waals surface area contributed by atoms with Gasteiger partial charge in [0.15, 0.2) is 0 Å². The van der Waals surface area contributed by atoms with Crippen LogP contribution in [0.1, 0.15) is 19.3 Å². The summed E-state index contributed by atoms with van der Waals surface area (Å²) in [7, 11) is 1.64. The molecule has 8 heteroatoms. The molecule has 2 N–H and O–H groups in total. The Hall–Kier alpha value is -0.770. The molecule has 1 fully saturated rings. The van der Waals surface area contributed by atoms with Crippen LogP contribution in [0.2, 0.25) is 0 Å². The molecule has 25 heavy (non-hydrogen) atoms. The van der Waals surface area contributed by atoms with Gasteiger partial charge in [-0.3, -0.25) is 4.79 Å². The topological polar surface area (TPSA) is 92.5 Å². The first-order valence-corrected chi connectivity index (χ1v) is 9.09. The van der Waals surface area contributed by atoms with E-state index >= 15 is 0 Å². The smallest absolute Gasteiger partial charge is 0.225 e.